The second-order valence-electron chi connectivity index (χ2n) is 11.3. The molecule has 2 aromatic carbocycles. The summed E-state index contributed by atoms with van der Waals surface area (Å²) in [6, 6.07) is 11.8. The number of nitrogens with zero attached hydrogens (tertiary/aromatic N) is 1. The van der Waals surface area contributed by atoms with Crippen molar-refractivity contribution in [3.63, 3.8) is 0 Å². The number of halogens is 2. The number of hydrogen-bond donors (Lipinski definition) is 3. The summed E-state index contributed by atoms with van der Waals surface area (Å²) in [5.41, 5.74) is 5.17. The van der Waals surface area contributed by atoms with E-state index in [-0.39, 0.29) is 35.4 Å². The van der Waals surface area contributed by atoms with E-state index in [0.717, 1.165) is 31.4 Å². The number of alkyl halides is 1. The molecule has 0 saturated carbocycles. The molecule has 4 heterocycles. The van der Waals surface area contributed by atoms with Crippen LogP contribution in [0.1, 0.15) is 41.3 Å². The Hall–Kier alpha value is -3.93. The van der Waals surface area contributed by atoms with Crippen LogP contribution in [0.2, 0.25) is 0 Å². The first-order valence-corrected chi connectivity index (χ1v) is 16.1. The van der Waals surface area contributed by atoms with Crippen LogP contribution in [0.5, 0.6) is 0 Å². The summed E-state index contributed by atoms with van der Waals surface area (Å²) in [6.45, 7) is 4.76. The molecule has 3 aliphatic heterocycles. The normalized spacial score (nSPS) is 23.0. The molecule has 10 heteroatoms. The van der Waals surface area contributed by atoms with Crippen molar-refractivity contribution in [1.29, 1.82) is 0 Å². The van der Waals surface area contributed by atoms with Crippen LogP contribution in [0.25, 0.3) is 10.9 Å². The van der Waals surface area contributed by atoms with E-state index in [1.54, 1.807) is 30.5 Å². The van der Waals surface area contributed by atoms with Crippen LogP contribution < -0.4 is 37.2 Å². The van der Waals surface area contributed by atoms with E-state index in [2.05, 4.69) is 22.0 Å². The van der Waals surface area contributed by atoms with Gasteiger partial charge in [0.05, 0.1) is 0 Å². The zero-order valence-corrected chi connectivity index (χ0v) is 25.2. The minimum absolute atomic E-state index is 0.0475. The molecule has 2 amide bonds. The molecule has 3 aromatic rings. The number of ether oxygens (including phenoxy) is 1. The van der Waals surface area contributed by atoms with Crippen LogP contribution in [-0.4, -0.2) is 39.2 Å². The number of benzene rings is 2. The summed E-state index contributed by atoms with van der Waals surface area (Å²) >= 11 is -0.872. The summed E-state index contributed by atoms with van der Waals surface area (Å²) in [7, 11) is 0. The van der Waals surface area contributed by atoms with E-state index in [1.807, 2.05) is 32.2 Å². The molecule has 3 N–H and O–H groups in total. The van der Waals surface area contributed by atoms with E-state index in [9.17, 15) is 18.8 Å². The summed E-state index contributed by atoms with van der Waals surface area (Å²) in [6.07, 6.45) is 8.02. The number of hydrogen-bond acceptors (Lipinski definition) is 5. The molecule has 8 nitrogen and oxygen atoms in total. The molecule has 42 heavy (non-hydrogen) atoms. The van der Waals surface area contributed by atoms with E-state index in [0.29, 0.717) is 30.6 Å². The fourth-order valence-electron chi connectivity index (χ4n) is 6.41. The Kier molecular flexibility index (Phi) is 6.48. The number of carbonyl (C=O) groups excluding carboxylic acids is 3. The molecule has 1 aliphatic carbocycles. The average molecular weight is 680 g/mol. The molecule has 1 saturated heterocycles. The van der Waals surface area contributed by atoms with Gasteiger partial charge in [0.1, 0.15) is 0 Å². The third kappa shape index (κ3) is 4.61. The van der Waals surface area contributed by atoms with Crippen LogP contribution in [-0.2, 0) is 16.0 Å². The van der Waals surface area contributed by atoms with Crippen molar-refractivity contribution in [2.24, 2.45) is 11.8 Å². The molecule has 0 bridgehead atoms. The van der Waals surface area contributed by atoms with Gasteiger partial charge < -0.3 is 0 Å². The van der Waals surface area contributed by atoms with Crippen LogP contribution >= 0.6 is 0 Å². The Morgan fingerprint density at radius 2 is 1.93 bits per heavy atom. The molecule has 3 unspecified atom stereocenters. The number of rotatable bonds is 4. The number of carbonyl (C=O) groups is 3. The van der Waals surface area contributed by atoms with Gasteiger partial charge in [0.2, 0.25) is 0 Å². The Balaban J connectivity index is 1.12. The molecule has 216 valence electrons. The van der Waals surface area contributed by atoms with Crippen molar-refractivity contribution >= 4 is 28.8 Å². The van der Waals surface area contributed by atoms with Crippen molar-refractivity contribution < 1.29 is 44.7 Å². The first kappa shape index (κ1) is 26.9. The number of amides is 2. The Bertz CT molecular complexity index is 1750. The summed E-state index contributed by atoms with van der Waals surface area (Å²) in [4.78, 5) is 39.3. The second kappa shape index (κ2) is 10.1. The fourth-order valence-corrected chi connectivity index (χ4v) is 9.27. The predicted octanol–water partition coefficient (Wildman–Crippen LogP) is 1.29. The molecular formula is C32H29FIN4O4-. The van der Waals surface area contributed by atoms with Crippen LogP contribution in [0.4, 0.5) is 9.18 Å². The molecule has 0 spiro atoms. The van der Waals surface area contributed by atoms with Gasteiger partial charge in [0, 0.05) is 0 Å². The summed E-state index contributed by atoms with van der Waals surface area (Å²) < 4.78 is 21.4. The van der Waals surface area contributed by atoms with Crippen molar-refractivity contribution in [1.82, 2.24) is 20.5 Å². The van der Waals surface area contributed by atoms with Gasteiger partial charge in [0.15, 0.2) is 0 Å². The SMILES string of the molecule is CC(C)(OC(=O)n1cc2c3c(cccc31)C(=O)NCC2)[I-]C1=CC2C(=O)NCC(c3ccc(F)cc3)C3=CNC(=C1)C32. The number of aromatic nitrogens is 1. The van der Waals surface area contributed by atoms with E-state index in [4.69, 9.17) is 4.74 Å². The van der Waals surface area contributed by atoms with Gasteiger partial charge in [-0.25, -0.2) is 0 Å². The van der Waals surface area contributed by atoms with Crippen LogP contribution in [0.3, 0.4) is 0 Å². The molecule has 3 atom stereocenters. The third-order valence-corrected chi connectivity index (χ3v) is 11.1. The number of allylic oxidation sites excluding steroid dienone is 3. The van der Waals surface area contributed by atoms with E-state index in [1.165, 1.54) is 16.7 Å². The van der Waals surface area contributed by atoms with E-state index < -0.39 is 30.9 Å². The van der Waals surface area contributed by atoms with Gasteiger partial charge in [-0.2, -0.15) is 0 Å². The van der Waals surface area contributed by atoms with Crippen molar-refractivity contribution in [3.05, 3.63) is 104 Å². The van der Waals surface area contributed by atoms with Gasteiger partial charge in [-0.3, -0.25) is 0 Å². The maximum atomic E-state index is 13.6. The molecule has 0 radical (unpaired) electrons. The Morgan fingerprint density at radius 3 is 2.74 bits per heavy atom. The van der Waals surface area contributed by atoms with Gasteiger partial charge in [-0.1, -0.05) is 0 Å². The summed E-state index contributed by atoms with van der Waals surface area (Å²) in [5.74, 6) is -1.04. The van der Waals surface area contributed by atoms with Gasteiger partial charge in [-0.05, 0) is 0 Å². The summed E-state index contributed by atoms with van der Waals surface area (Å²) in [5, 5.41) is 10.2. The van der Waals surface area contributed by atoms with Crippen LogP contribution in [0.15, 0.2) is 81.9 Å². The van der Waals surface area contributed by atoms with E-state index >= 15 is 0 Å². The zero-order chi connectivity index (χ0) is 29.2. The number of nitrogens with one attached hydrogen (secondary N) is 3. The van der Waals surface area contributed by atoms with Crippen LogP contribution in [0, 0.1) is 17.7 Å². The molecular weight excluding hydrogens is 650 g/mol. The standard InChI is InChI=1S/C32H29FIN4O4/c1-32(2,42-31(41)38-16-18-10-11-35-29(39)21-4-3-5-26(38)27(18)21)34-20-12-22-28-24(15-36-25(28)13-20)23(14-37-30(22)40)17-6-8-19(33)9-7-17/h3-9,12-13,15-16,22-23,28,36H,10-11,14H2,1-2H3,(H,35,39)(H,37,40)/q-1. The first-order valence-electron chi connectivity index (χ1n) is 13.9. The van der Waals surface area contributed by atoms with Crippen molar-refractivity contribution in [2.75, 3.05) is 13.1 Å². The van der Waals surface area contributed by atoms with Gasteiger partial charge in [-0.15, -0.1) is 0 Å². The molecule has 1 fully saturated rings. The first-order chi connectivity index (χ1) is 20.2. The van der Waals surface area contributed by atoms with Crippen molar-refractivity contribution in [3.8, 4) is 0 Å². The fraction of sp³-hybridized carbons (Fsp3) is 0.281. The maximum absolute atomic E-state index is 13.6. The zero-order valence-electron chi connectivity index (χ0n) is 23.0. The Morgan fingerprint density at radius 1 is 1.12 bits per heavy atom. The van der Waals surface area contributed by atoms with Crippen molar-refractivity contribution in [2.45, 2.75) is 29.8 Å². The predicted molar refractivity (Wildman–Crippen MR) is 150 cm³/mol. The van der Waals surface area contributed by atoms with Gasteiger partial charge in [0.25, 0.3) is 0 Å². The Labute approximate surface area is 252 Å². The van der Waals surface area contributed by atoms with Gasteiger partial charge >= 0.3 is 253 Å². The monoisotopic (exact) mass is 679 g/mol. The third-order valence-electron chi connectivity index (χ3n) is 8.24. The molecule has 4 aliphatic rings. The molecule has 7 rings (SSSR count). The molecule has 1 aromatic heterocycles. The second-order valence-corrected chi connectivity index (χ2v) is 15.7. The quantitative estimate of drug-likeness (QED) is 0.285. The minimum atomic E-state index is -0.872. The average Bonchev–Trinajstić information content (AvgIpc) is 3.45. The topological polar surface area (TPSA) is 101 Å².